The van der Waals surface area contributed by atoms with E-state index >= 15 is 0 Å². The SMILES string of the molecule is CNC(CCSCC(O)CO)(C(=O)O)c1ccccc1. The van der Waals surface area contributed by atoms with Gasteiger partial charge in [-0.1, -0.05) is 30.3 Å². The largest absolute Gasteiger partial charge is 0.480 e. The van der Waals surface area contributed by atoms with Crippen molar-refractivity contribution in [3.63, 3.8) is 0 Å². The lowest BCUT2D eigenvalue weighted by atomic mass is 9.87. The number of carboxylic acids is 1. The van der Waals surface area contributed by atoms with E-state index in [1.54, 1.807) is 19.2 Å². The van der Waals surface area contributed by atoms with Crippen LogP contribution < -0.4 is 5.32 Å². The summed E-state index contributed by atoms with van der Waals surface area (Å²) in [5.41, 5.74) is -0.420. The molecule has 0 fully saturated rings. The van der Waals surface area contributed by atoms with Crippen molar-refractivity contribution in [2.45, 2.75) is 18.1 Å². The van der Waals surface area contributed by atoms with Crippen molar-refractivity contribution in [2.24, 2.45) is 0 Å². The van der Waals surface area contributed by atoms with Gasteiger partial charge in [0.1, 0.15) is 5.54 Å². The Balaban J connectivity index is 2.73. The van der Waals surface area contributed by atoms with Crippen LogP contribution in [-0.2, 0) is 10.3 Å². The lowest BCUT2D eigenvalue weighted by Crippen LogP contribution is -2.48. The normalized spacial score (nSPS) is 15.6. The Morgan fingerprint density at radius 3 is 2.55 bits per heavy atom. The molecule has 0 aromatic heterocycles. The minimum absolute atomic E-state index is 0.276. The summed E-state index contributed by atoms with van der Waals surface area (Å²) in [4.78, 5) is 11.7. The quantitative estimate of drug-likeness (QED) is 0.501. The number of aliphatic carboxylic acids is 1. The molecular formula is C14H21NO4S. The van der Waals surface area contributed by atoms with Crippen molar-refractivity contribution in [1.29, 1.82) is 0 Å². The summed E-state index contributed by atoms with van der Waals surface area (Å²) in [5.74, 6) is 0.0403. The van der Waals surface area contributed by atoms with E-state index in [4.69, 9.17) is 5.11 Å². The minimum Gasteiger partial charge on any atom is -0.480 e. The molecule has 20 heavy (non-hydrogen) atoms. The monoisotopic (exact) mass is 299 g/mol. The van der Waals surface area contributed by atoms with Gasteiger partial charge in [-0.2, -0.15) is 11.8 Å². The fourth-order valence-electron chi connectivity index (χ4n) is 1.97. The molecule has 6 heteroatoms. The van der Waals surface area contributed by atoms with Gasteiger partial charge in [0, 0.05) is 5.75 Å². The zero-order valence-corrected chi connectivity index (χ0v) is 12.3. The van der Waals surface area contributed by atoms with Crippen LogP contribution in [-0.4, -0.2) is 52.6 Å². The third-order valence-electron chi connectivity index (χ3n) is 3.20. The van der Waals surface area contributed by atoms with Crippen LogP contribution in [0.15, 0.2) is 30.3 Å². The van der Waals surface area contributed by atoms with Gasteiger partial charge in [0.25, 0.3) is 0 Å². The second-order valence-corrected chi connectivity index (χ2v) is 5.64. The van der Waals surface area contributed by atoms with E-state index in [1.807, 2.05) is 18.2 Å². The van der Waals surface area contributed by atoms with E-state index in [0.717, 1.165) is 0 Å². The van der Waals surface area contributed by atoms with Gasteiger partial charge in [-0.05, 0) is 24.8 Å². The number of thioether (sulfide) groups is 1. The molecule has 0 amide bonds. The first kappa shape index (κ1) is 17.0. The van der Waals surface area contributed by atoms with E-state index < -0.39 is 17.6 Å². The highest BCUT2D eigenvalue weighted by atomic mass is 32.2. The first-order valence-electron chi connectivity index (χ1n) is 6.41. The van der Waals surface area contributed by atoms with E-state index in [1.165, 1.54) is 11.8 Å². The average Bonchev–Trinajstić information content (AvgIpc) is 2.48. The van der Waals surface area contributed by atoms with E-state index in [0.29, 0.717) is 23.5 Å². The second-order valence-electron chi connectivity index (χ2n) is 4.49. The molecule has 0 radical (unpaired) electrons. The fourth-order valence-corrected chi connectivity index (χ4v) is 2.97. The number of aliphatic hydroxyl groups is 2. The Labute approximate surface area is 123 Å². The number of hydrogen-bond donors (Lipinski definition) is 4. The zero-order chi connectivity index (χ0) is 15.0. The maximum Gasteiger partial charge on any atom is 0.328 e. The van der Waals surface area contributed by atoms with Gasteiger partial charge in [0.2, 0.25) is 0 Å². The van der Waals surface area contributed by atoms with Gasteiger partial charge in [-0.3, -0.25) is 0 Å². The fraction of sp³-hybridized carbons (Fsp3) is 0.500. The van der Waals surface area contributed by atoms with Gasteiger partial charge >= 0.3 is 5.97 Å². The van der Waals surface area contributed by atoms with E-state index in [2.05, 4.69) is 5.32 Å². The van der Waals surface area contributed by atoms with E-state index in [9.17, 15) is 15.0 Å². The number of benzene rings is 1. The second kappa shape index (κ2) is 8.26. The van der Waals surface area contributed by atoms with Crippen LogP contribution in [0.2, 0.25) is 0 Å². The minimum atomic E-state index is -1.13. The molecule has 0 aliphatic rings. The van der Waals surface area contributed by atoms with Gasteiger partial charge in [0.05, 0.1) is 12.7 Å². The molecule has 0 aliphatic carbocycles. The standard InChI is InChI=1S/C14H21NO4S/c1-15-14(13(18)19,11-5-3-2-4-6-11)7-8-20-10-12(17)9-16/h2-6,12,15-17H,7-10H2,1H3,(H,18,19). The Kier molecular flexibility index (Phi) is 7.01. The third kappa shape index (κ3) is 4.21. The van der Waals surface area contributed by atoms with Gasteiger partial charge in [0.15, 0.2) is 0 Å². The Morgan fingerprint density at radius 1 is 1.40 bits per heavy atom. The number of aliphatic hydroxyl groups excluding tert-OH is 2. The molecule has 0 heterocycles. The number of nitrogens with one attached hydrogen (secondary N) is 1. The van der Waals surface area contributed by atoms with Crippen molar-refractivity contribution in [1.82, 2.24) is 5.32 Å². The van der Waals surface area contributed by atoms with Crippen LogP contribution in [0.4, 0.5) is 0 Å². The molecule has 2 atom stereocenters. The molecule has 0 saturated carbocycles. The smallest absolute Gasteiger partial charge is 0.328 e. The molecule has 4 N–H and O–H groups in total. The molecule has 0 saturated heterocycles. The summed E-state index contributed by atoms with van der Waals surface area (Å²) in [5, 5.41) is 30.5. The Hall–Kier alpha value is -1.08. The van der Waals surface area contributed by atoms with Crippen molar-refractivity contribution >= 4 is 17.7 Å². The number of hydrogen-bond acceptors (Lipinski definition) is 5. The highest BCUT2D eigenvalue weighted by molar-refractivity contribution is 7.99. The van der Waals surface area contributed by atoms with Gasteiger partial charge in [-0.25, -0.2) is 4.79 Å². The zero-order valence-electron chi connectivity index (χ0n) is 11.5. The number of likely N-dealkylation sites (N-methyl/N-ethyl adjacent to an activating group) is 1. The number of carboxylic acid groups (broad SMARTS) is 1. The first-order valence-corrected chi connectivity index (χ1v) is 7.56. The summed E-state index contributed by atoms with van der Waals surface area (Å²) in [6, 6.07) is 9.05. The van der Waals surface area contributed by atoms with Gasteiger partial charge in [-0.15, -0.1) is 0 Å². The number of rotatable bonds is 9. The molecule has 0 aliphatic heterocycles. The Morgan fingerprint density at radius 2 is 2.05 bits per heavy atom. The summed E-state index contributed by atoms with van der Waals surface area (Å²) in [6.45, 7) is -0.276. The van der Waals surface area contributed by atoms with Crippen molar-refractivity contribution in [3.05, 3.63) is 35.9 Å². The average molecular weight is 299 g/mol. The highest BCUT2D eigenvalue weighted by Crippen LogP contribution is 2.27. The lowest BCUT2D eigenvalue weighted by molar-refractivity contribution is -0.145. The highest BCUT2D eigenvalue weighted by Gasteiger charge is 2.38. The predicted octanol–water partition coefficient (Wildman–Crippen LogP) is 0.662. The summed E-state index contributed by atoms with van der Waals surface area (Å²) in [7, 11) is 1.63. The molecule has 2 unspecified atom stereocenters. The topological polar surface area (TPSA) is 89.8 Å². The molecule has 1 rings (SSSR count). The summed E-state index contributed by atoms with van der Waals surface area (Å²) >= 11 is 1.43. The maximum atomic E-state index is 11.7. The molecule has 0 bridgehead atoms. The first-order chi connectivity index (χ1) is 9.56. The van der Waals surface area contributed by atoms with Gasteiger partial charge < -0.3 is 20.6 Å². The van der Waals surface area contributed by atoms with Crippen LogP contribution in [0.3, 0.4) is 0 Å². The molecule has 1 aromatic carbocycles. The van der Waals surface area contributed by atoms with Crippen LogP contribution >= 0.6 is 11.8 Å². The van der Waals surface area contributed by atoms with Crippen LogP contribution in [0.5, 0.6) is 0 Å². The Bertz CT molecular complexity index is 415. The maximum absolute atomic E-state index is 11.7. The lowest BCUT2D eigenvalue weighted by Gasteiger charge is -2.29. The third-order valence-corrected chi connectivity index (χ3v) is 4.31. The molecular weight excluding hydrogens is 278 g/mol. The molecule has 0 spiro atoms. The van der Waals surface area contributed by atoms with Crippen LogP contribution in [0.1, 0.15) is 12.0 Å². The van der Waals surface area contributed by atoms with Crippen molar-refractivity contribution in [2.75, 3.05) is 25.2 Å². The molecule has 112 valence electrons. The predicted molar refractivity (Wildman–Crippen MR) is 79.9 cm³/mol. The van der Waals surface area contributed by atoms with Crippen molar-refractivity contribution < 1.29 is 20.1 Å². The van der Waals surface area contributed by atoms with Crippen molar-refractivity contribution in [3.8, 4) is 0 Å². The summed E-state index contributed by atoms with van der Waals surface area (Å²) < 4.78 is 0. The molecule has 5 nitrogen and oxygen atoms in total. The number of carbonyl (C=O) groups is 1. The van der Waals surface area contributed by atoms with Crippen LogP contribution in [0, 0.1) is 0 Å². The van der Waals surface area contributed by atoms with E-state index in [-0.39, 0.29) is 6.61 Å². The van der Waals surface area contributed by atoms with Crippen LogP contribution in [0.25, 0.3) is 0 Å². The molecule has 1 aromatic rings. The summed E-state index contributed by atoms with van der Waals surface area (Å²) in [6.07, 6.45) is -0.364.